The lowest BCUT2D eigenvalue weighted by atomic mass is 10.2. The Hall–Kier alpha value is -3.09. The van der Waals surface area contributed by atoms with E-state index in [1.165, 1.54) is 12.8 Å². The molecule has 0 aliphatic heterocycles. The van der Waals surface area contributed by atoms with Crippen LogP contribution in [0.15, 0.2) is 41.1 Å². The summed E-state index contributed by atoms with van der Waals surface area (Å²) in [4.78, 5) is 8.73. The molecule has 3 heterocycles. The average Bonchev–Trinajstić information content (AvgIpc) is 3.18. The first-order chi connectivity index (χ1) is 11.8. The lowest BCUT2D eigenvalue weighted by Gasteiger charge is -1.98. The van der Waals surface area contributed by atoms with Gasteiger partial charge in [-0.25, -0.2) is 4.68 Å². The minimum Gasteiger partial charge on any atom is -0.334 e. The van der Waals surface area contributed by atoms with E-state index in [1.54, 1.807) is 6.20 Å². The van der Waals surface area contributed by atoms with E-state index in [1.807, 2.05) is 41.9 Å². The largest absolute Gasteiger partial charge is 0.334 e. The molecule has 4 aromatic rings. The van der Waals surface area contributed by atoms with Crippen molar-refractivity contribution in [3.05, 3.63) is 42.2 Å². The molecular formula is C17H14N6O. The van der Waals surface area contributed by atoms with Crippen molar-refractivity contribution in [1.29, 1.82) is 0 Å². The Balaban J connectivity index is 1.52. The van der Waals surface area contributed by atoms with Crippen molar-refractivity contribution < 1.29 is 4.52 Å². The predicted octanol–water partition coefficient (Wildman–Crippen LogP) is 3.19. The highest BCUT2D eigenvalue weighted by atomic mass is 16.5. The summed E-state index contributed by atoms with van der Waals surface area (Å²) < 4.78 is 7.40. The van der Waals surface area contributed by atoms with Gasteiger partial charge in [-0.05, 0) is 50.1 Å². The summed E-state index contributed by atoms with van der Waals surface area (Å²) in [7, 11) is 0. The monoisotopic (exact) mass is 318 g/mol. The Morgan fingerprint density at radius 1 is 1.12 bits per heavy atom. The van der Waals surface area contributed by atoms with E-state index >= 15 is 0 Å². The number of nitrogens with zero attached hydrogens (tertiary/aromatic N) is 6. The number of rotatable bonds is 3. The summed E-state index contributed by atoms with van der Waals surface area (Å²) in [5.74, 6) is 0.993. The highest BCUT2D eigenvalue weighted by Gasteiger charge is 2.26. The van der Waals surface area contributed by atoms with Gasteiger partial charge in [0, 0.05) is 23.0 Å². The molecule has 24 heavy (non-hydrogen) atoms. The van der Waals surface area contributed by atoms with Gasteiger partial charge in [0.15, 0.2) is 0 Å². The van der Waals surface area contributed by atoms with Crippen LogP contribution in [0.5, 0.6) is 0 Å². The molecule has 1 aliphatic rings. The van der Waals surface area contributed by atoms with Crippen molar-refractivity contribution in [3.63, 3.8) is 0 Å². The molecule has 0 saturated heterocycles. The minimum atomic E-state index is 0.466. The van der Waals surface area contributed by atoms with Gasteiger partial charge < -0.3 is 4.52 Å². The Bertz CT molecular complexity index is 1030. The number of hydrogen-bond acceptors (Lipinski definition) is 6. The van der Waals surface area contributed by atoms with Crippen LogP contribution in [0, 0.1) is 6.92 Å². The van der Waals surface area contributed by atoms with Gasteiger partial charge in [-0.1, -0.05) is 10.4 Å². The Kier molecular flexibility index (Phi) is 2.76. The molecule has 3 aromatic heterocycles. The summed E-state index contributed by atoms with van der Waals surface area (Å²) in [6.45, 7) is 1.94. The van der Waals surface area contributed by atoms with Crippen LogP contribution in [-0.2, 0) is 0 Å². The second-order valence-corrected chi connectivity index (χ2v) is 6.08. The highest BCUT2D eigenvalue weighted by Crippen LogP contribution is 2.36. The Morgan fingerprint density at radius 3 is 2.79 bits per heavy atom. The van der Waals surface area contributed by atoms with E-state index in [0.29, 0.717) is 17.8 Å². The molecule has 5 rings (SSSR count). The maximum Gasteiger partial charge on any atom is 0.258 e. The maximum atomic E-state index is 5.41. The van der Waals surface area contributed by atoms with Crippen LogP contribution in [-0.4, -0.2) is 30.1 Å². The molecule has 0 amide bonds. The van der Waals surface area contributed by atoms with Gasteiger partial charge in [0.1, 0.15) is 5.52 Å². The number of benzene rings is 1. The number of aromatic nitrogens is 6. The van der Waals surface area contributed by atoms with Crippen molar-refractivity contribution in [2.24, 2.45) is 0 Å². The van der Waals surface area contributed by atoms with Gasteiger partial charge >= 0.3 is 0 Å². The second-order valence-electron chi connectivity index (χ2n) is 6.08. The van der Waals surface area contributed by atoms with Gasteiger partial charge in [-0.3, -0.25) is 4.98 Å². The maximum absolute atomic E-state index is 5.41. The first-order valence-corrected chi connectivity index (χ1v) is 7.90. The summed E-state index contributed by atoms with van der Waals surface area (Å²) >= 11 is 0. The van der Waals surface area contributed by atoms with E-state index in [0.717, 1.165) is 27.9 Å². The van der Waals surface area contributed by atoms with Crippen molar-refractivity contribution in [3.8, 4) is 22.8 Å². The lowest BCUT2D eigenvalue weighted by Crippen LogP contribution is -1.95. The molecule has 0 bridgehead atoms. The molecule has 0 N–H and O–H groups in total. The fraction of sp³-hybridized carbons (Fsp3) is 0.235. The summed E-state index contributed by atoms with van der Waals surface area (Å²) in [5, 5.41) is 12.5. The van der Waals surface area contributed by atoms with Crippen molar-refractivity contribution >= 4 is 11.0 Å². The van der Waals surface area contributed by atoms with Gasteiger partial charge in [0.25, 0.3) is 5.89 Å². The summed E-state index contributed by atoms with van der Waals surface area (Å²) in [6.07, 6.45) is 4.10. The molecule has 118 valence electrons. The van der Waals surface area contributed by atoms with Gasteiger partial charge in [0.2, 0.25) is 5.82 Å². The molecule has 7 nitrogen and oxygen atoms in total. The zero-order valence-corrected chi connectivity index (χ0v) is 13.0. The van der Waals surface area contributed by atoms with E-state index in [9.17, 15) is 0 Å². The third-order valence-electron chi connectivity index (χ3n) is 4.21. The number of pyridine rings is 1. The van der Waals surface area contributed by atoms with Gasteiger partial charge in [0.05, 0.1) is 11.6 Å². The van der Waals surface area contributed by atoms with E-state index in [-0.39, 0.29) is 0 Å². The van der Waals surface area contributed by atoms with Crippen molar-refractivity contribution in [1.82, 2.24) is 30.1 Å². The fourth-order valence-corrected chi connectivity index (χ4v) is 2.72. The van der Waals surface area contributed by atoms with Gasteiger partial charge in [-0.15, -0.1) is 5.10 Å². The van der Waals surface area contributed by atoms with Crippen LogP contribution < -0.4 is 0 Å². The predicted molar refractivity (Wildman–Crippen MR) is 87.1 cm³/mol. The fourth-order valence-electron chi connectivity index (χ4n) is 2.72. The zero-order valence-electron chi connectivity index (χ0n) is 13.0. The van der Waals surface area contributed by atoms with Crippen LogP contribution in [0.1, 0.15) is 24.6 Å². The van der Waals surface area contributed by atoms with E-state index in [2.05, 4.69) is 25.4 Å². The normalized spacial score (nSPS) is 14.4. The van der Waals surface area contributed by atoms with Crippen LogP contribution in [0.3, 0.4) is 0 Å². The number of fused-ring (bicyclic) bond motifs is 1. The molecule has 7 heteroatoms. The molecule has 0 radical (unpaired) electrons. The van der Waals surface area contributed by atoms with E-state index < -0.39 is 0 Å². The summed E-state index contributed by atoms with van der Waals surface area (Å²) in [5.41, 5.74) is 4.51. The van der Waals surface area contributed by atoms with Crippen LogP contribution in [0.25, 0.3) is 33.9 Å². The quantitative estimate of drug-likeness (QED) is 0.577. The third-order valence-corrected chi connectivity index (χ3v) is 4.21. The smallest absolute Gasteiger partial charge is 0.258 e. The first-order valence-electron chi connectivity index (χ1n) is 7.90. The number of hydrogen-bond donors (Lipinski definition) is 0. The zero-order chi connectivity index (χ0) is 16.1. The van der Waals surface area contributed by atoms with Crippen LogP contribution in [0.4, 0.5) is 0 Å². The first kappa shape index (κ1) is 13.4. The Morgan fingerprint density at radius 2 is 2.00 bits per heavy atom. The molecule has 1 saturated carbocycles. The minimum absolute atomic E-state index is 0.466. The molecule has 0 spiro atoms. The van der Waals surface area contributed by atoms with Crippen molar-refractivity contribution in [2.45, 2.75) is 25.8 Å². The molecule has 1 aromatic carbocycles. The second kappa shape index (κ2) is 4.95. The summed E-state index contributed by atoms with van der Waals surface area (Å²) in [6, 6.07) is 10.3. The third kappa shape index (κ3) is 2.17. The van der Waals surface area contributed by atoms with Crippen LogP contribution in [0.2, 0.25) is 0 Å². The van der Waals surface area contributed by atoms with Gasteiger partial charge in [-0.2, -0.15) is 4.98 Å². The molecule has 1 fully saturated rings. The molecular weight excluding hydrogens is 304 g/mol. The van der Waals surface area contributed by atoms with Crippen molar-refractivity contribution in [2.75, 3.05) is 0 Å². The van der Waals surface area contributed by atoms with Crippen LogP contribution >= 0.6 is 0 Å². The molecule has 1 aliphatic carbocycles. The van der Waals surface area contributed by atoms with E-state index in [4.69, 9.17) is 4.52 Å². The average molecular weight is 318 g/mol. The SMILES string of the molecule is Cc1ccc(-c2noc(-c3ccc4c(c3)nnn4C3CC3)n2)cn1. The topological polar surface area (TPSA) is 82.5 Å². The Labute approximate surface area is 137 Å². The lowest BCUT2D eigenvalue weighted by molar-refractivity contribution is 0.432. The molecule has 0 unspecified atom stereocenters. The highest BCUT2D eigenvalue weighted by molar-refractivity contribution is 5.80. The number of aryl methyl sites for hydroxylation is 1. The molecule has 0 atom stereocenters. The standard InChI is InChI=1S/C17H14N6O/c1-10-2-3-12(9-18-10)16-19-17(24-21-16)11-4-7-15-14(8-11)20-22-23(15)13-5-6-13/h2-4,7-9,13H,5-6H2,1H3.